The maximum Gasteiger partial charge on any atom is 0.244 e. The van der Waals surface area contributed by atoms with Crippen molar-refractivity contribution in [2.24, 2.45) is 5.41 Å². The molecule has 1 aliphatic heterocycles. The first-order valence-electron chi connectivity index (χ1n) is 7.82. The van der Waals surface area contributed by atoms with E-state index in [4.69, 9.17) is 0 Å². The smallest absolute Gasteiger partial charge is 0.244 e. The van der Waals surface area contributed by atoms with Crippen LogP contribution in [-0.2, 0) is 4.79 Å². The van der Waals surface area contributed by atoms with Crippen molar-refractivity contribution in [2.45, 2.75) is 59.7 Å². The highest BCUT2D eigenvalue weighted by Crippen LogP contribution is 2.35. The van der Waals surface area contributed by atoms with E-state index >= 15 is 0 Å². The second-order valence-corrected chi connectivity index (χ2v) is 7.64. The molecule has 2 rings (SSSR count). The molecule has 2 atom stereocenters. The third-order valence-corrected chi connectivity index (χ3v) is 4.21. The molecule has 1 aliphatic rings. The van der Waals surface area contributed by atoms with Gasteiger partial charge in [0.25, 0.3) is 0 Å². The molecule has 2 unspecified atom stereocenters. The molecule has 0 spiro atoms. The largest absolute Gasteiger partial charge is 0.321 e. The minimum atomic E-state index is -0.459. The minimum absolute atomic E-state index is 0.0263. The van der Waals surface area contributed by atoms with Crippen LogP contribution in [0.15, 0.2) is 24.3 Å². The molecule has 0 radical (unpaired) electrons. The highest BCUT2D eigenvalue weighted by molar-refractivity contribution is 5.88. The molecule has 1 aromatic carbocycles. The lowest BCUT2D eigenvalue weighted by Crippen LogP contribution is -2.43. The second-order valence-electron chi connectivity index (χ2n) is 7.64. The van der Waals surface area contributed by atoms with Gasteiger partial charge in [0.2, 0.25) is 5.91 Å². The van der Waals surface area contributed by atoms with Crippen LogP contribution in [0.5, 0.6) is 0 Å². The Kier molecular flexibility index (Phi) is 4.16. The van der Waals surface area contributed by atoms with Crippen molar-refractivity contribution in [3.05, 3.63) is 35.4 Å². The Labute approximate surface area is 128 Å². The molecule has 21 heavy (non-hydrogen) atoms. The van der Waals surface area contributed by atoms with E-state index in [-0.39, 0.29) is 17.5 Å². The van der Waals surface area contributed by atoms with E-state index < -0.39 is 5.54 Å². The zero-order valence-electron chi connectivity index (χ0n) is 14.2. The summed E-state index contributed by atoms with van der Waals surface area (Å²) in [7, 11) is 0. The molecule has 0 saturated carbocycles. The normalized spacial score (nSPS) is 26.5. The average molecular weight is 288 g/mol. The van der Waals surface area contributed by atoms with E-state index in [1.165, 1.54) is 11.1 Å². The van der Waals surface area contributed by atoms with Crippen LogP contribution in [0.25, 0.3) is 0 Å². The molecule has 1 saturated heterocycles. The highest BCUT2D eigenvalue weighted by atomic mass is 16.2. The lowest BCUT2D eigenvalue weighted by atomic mass is 9.94. The fourth-order valence-corrected chi connectivity index (χ4v) is 2.91. The van der Waals surface area contributed by atoms with Crippen molar-refractivity contribution in [2.75, 3.05) is 6.54 Å². The summed E-state index contributed by atoms with van der Waals surface area (Å²) in [6.45, 7) is 13.5. The summed E-state index contributed by atoms with van der Waals surface area (Å²) in [6, 6.07) is 8.43. The number of rotatable bonds is 3. The number of amides is 1. The summed E-state index contributed by atoms with van der Waals surface area (Å²) >= 11 is 0. The van der Waals surface area contributed by atoms with Gasteiger partial charge < -0.3 is 4.90 Å². The number of carbonyl (C=O) groups excluding carboxylic acids is 1. The van der Waals surface area contributed by atoms with Crippen LogP contribution in [0.3, 0.4) is 0 Å². The van der Waals surface area contributed by atoms with Crippen molar-refractivity contribution < 1.29 is 4.79 Å². The molecular formula is C18H28N2O. The van der Waals surface area contributed by atoms with E-state index in [9.17, 15) is 4.79 Å². The predicted octanol–water partition coefficient (Wildman–Crippen LogP) is 3.64. The van der Waals surface area contributed by atoms with Crippen molar-refractivity contribution >= 4 is 5.91 Å². The Balaban J connectivity index is 2.39. The molecule has 1 fully saturated rings. The first-order valence-corrected chi connectivity index (χ1v) is 7.82. The number of carbonyl (C=O) groups is 1. The third kappa shape index (κ3) is 3.29. The number of hydrogen-bond acceptors (Lipinski definition) is 2. The third-order valence-electron chi connectivity index (χ3n) is 4.21. The Morgan fingerprint density at radius 2 is 2.00 bits per heavy atom. The van der Waals surface area contributed by atoms with Crippen LogP contribution >= 0.6 is 0 Å². The number of hydrogen-bond donors (Lipinski definition) is 1. The number of benzene rings is 1. The van der Waals surface area contributed by atoms with Gasteiger partial charge in [-0.05, 0) is 31.2 Å². The van der Waals surface area contributed by atoms with Crippen molar-refractivity contribution in [3.8, 4) is 0 Å². The molecule has 1 heterocycles. The zero-order valence-corrected chi connectivity index (χ0v) is 14.2. The van der Waals surface area contributed by atoms with Gasteiger partial charge in [-0.1, -0.05) is 57.5 Å². The highest BCUT2D eigenvalue weighted by Gasteiger charge is 2.47. The molecule has 0 aliphatic carbocycles. The number of nitrogens with zero attached hydrogens (tertiary/aromatic N) is 1. The summed E-state index contributed by atoms with van der Waals surface area (Å²) < 4.78 is 0. The van der Waals surface area contributed by atoms with E-state index in [0.717, 1.165) is 13.0 Å². The van der Waals surface area contributed by atoms with E-state index in [0.29, 0.717) is 0 Å². The number of nitrogens with one attached hydrogen (secondary N) is 1. The monoisotopic (exact) mass is 288 g/mol. The van der Waals surface area contributed by atoms with Gasteiger partial charge in [0.15, 0.2) is 0 Å². The van der Waals surface area contributed by atoms with Crippen molar-refractivity contribution in [1.29, 1.82) is 0 Å². The average Bonchev–Trinajstić information content (AvgIpc) is 2.63. The second kappa shape index (κ2) is 5.45. The first kappa shape index (κ1) is 16.0. The van der Waals surface area contributed by atoms with E-state index in [2.05, 4.69) is 64.2 Å². The van der Waals surface area contributed by atoms with E-state index in [1.807, 2.05) is 11.8 Å². The molecule has 3 nitrogen and oxygen atoms in total. The van der Waals surface area contributed by atoms with Gasteiger partial charge in [-0.3, -0.25) is 10.1 Å². The summed E-state index contributed by atoms with van der Waals surface area (Å²) in [6.07, 6.45) is 0.774. The Morgan fingerprint density at radius 3 is 2.52 bits per heavy atom. The minimum Gasteiger partial charge on any atom is -0.321 e. The van der Waals surface area contributed by atoms with Crippen molar-refractivity contribution in [1.82, 2.24) is 10.2 Å². The Morgan fingerprint density at radius 1 is 1.33 bits per heavy atom. The van der Waals surface area contributed by atoms with Gasteiger partial charge in [0.05, 0.1) is 5.54 Å². The first-order chi connectivity index (χ1) is 9.66. The summed E-state index contributed by atoms with van der Waals surface area (Å²) in [5.41, 5.74) is 2.02. The molecule has 3 heteroatoms. The lowest BCUT2D eigenvalue weighted by molar-refractivity contribution is -0.134. The standard InChI is InChI=1S/C18H28N2O/c1-7-18(6)16(21)20(12-17(3,4)5)15(19-18)14-10-8-9-13(2)11-14/h8-11,15,19H,7,12H2,1-6H3. The van der Waals surface area contributed by atoms with Gasteiger partial charge in [-0.2, -0.15) is 0 Å². The van der Waals surface area contributed by atoms with Crippen LogP contribution < -0.4 is 5.32 Å². The van der Waals surface area contributed by atoms with Crippen LogP contribution in [-0.4, -0.2) is 22.9 Å². The fraction of sp³-hybridized carbons (Fsp3) is 0.611. The maximum absolute atomic E-state index is 12.9. The van der Waals surface area contributed by atoms with Crippen LogP contribution in [0.1, 0.15) is 58.3 Å². The predicted molar refractivity (Wildman–Crippen MR) is 86.9 cm³/mol. The van der Waals surface area contributed by atoms with Crippen LogP contribution in [0.2, 0.25) is 0 Å². The molecule has 116 valence electrons. The fourth-order valence-electron chi connectivity index (χ4n) is 2.91. The van der Waals surface area contributed by atoms with Crippen molar-refractivity contribution in [3.63, 3.8) is 0 Å². The Bertz CT molecular complexity index is 532. The molecule has 1 aromatic rings. The van der Waals surface area contributed by atoms with Gasteiger partial charge in [0, 0.05) is 6.54 Å². The number of aryl methyl sites for hydroxylation is 1. The topological polar surface area (TPSA) is 32.3 Å². The summed E-state index contributed by atoms with van der Waals surface area (Å²) in [5, 5.41) is 3.56. The van der Waals surface area contributed by atoms with Crippen LogP contribution in [0, 0.1) is 12.3 Å². The quantitative estimate of drug-likeness (QED) is 0.921. The maximum atomic E-state index is 12.9. The van der Waals surface area contributed by atoms with Gasteiger partial charge in [0.1, 0.15) is 6.17 Å². The summed E-state index contributed by atoms with van der Waals surface area (Å²) in [4.78, 5) is 14.9. The van der Waals surface area contributed by atoms with Crippen LogP contribution in [0.4, 0.5) is 0 Å². The molecule has 1 amide bonds. The Hall–Kier alpha value is -1.35. The lowest BCUT2D eigenvalue weighted by Gasteiger charge is -2.31. The van der Waals surface area contributed by atoms with E-state index in [1.54, 1.807) is 0 Å². The molecular weight excluding hydrogens is 260 g/mol. The van der Waals surface area contributed by atoms with Gasteiger partial charge >= 0.3 is 0 Å². The zero-order chi connectivity index (χ0) is 15.8. The van der Waals surface area contributed by atoms with Gasteiger partial charge in [-0.25, -0.2) is 0 Å². The van der Waals surface area contributed by atoms with Gasteiger partial charge in [-0.15, -0.1) is 0 Å². The molecule has 0 bridgehead atoms. The summed E-state index contributed by atoms with van der Waals surface area (Å²) in [5.74, 6) is 0.214. The SMILES string of the molecule is CCC1(C)NC(c2cccc(C)c2)N(CC(C)(C)C)C1=O. The molecule has 1 N–H and O–H groups in total. The molecule has 0 aromatic heterocycles.